The van der Waals surface area contributed by atoms with E-state index in [0.29, 0.717) is 6.54 Å². The van der Waals surface area contributed by atoms with Gasteiger partial charge in [0.25, 0.3) is 0 Å². The van der Waals surface area contributed by atoms with Crippen LogP contribution in [0.5, 0.6) is 0 Å². The minimum atomic E-state index is 0.284. The van der Waals surface area contributed by atoms with Crippen LogP contribution in [0.25, 0.3) is 0 Å². The van der Waals surface area contributed by atoms with Crippen molar-refractivity contribution in [2.24, 2.45) is 0 Å². The van der Waals surface area contributed by atoms with E-state index in [0.717, 1.165) is 52.1 Å². The van der Waals surface area contributed by atoms with E-state index >= 15 is 0 Å². The first-order valence-electron chi connectivity index (χ1n) is 6.48. The molecule has 1 saturated heterocycles. The fourth-order valence-electron chi connectivity index (χ4n) is 2.08. The number of hydrogen-bond acceptors (Lipinski definition) is 3. The predicted octanol–water partition coefficient (Wildman–Crippen LogP) is 0.540. The van der Waals surface area contributed by atoms with Gasteiger partial charge in [0.05, 0.1) is 6.54 Å². The molecule has 0 radical (unpaired) electrons. The van der Waals surface area contributed by atoms with Gasteiger partial charge in [-0.25, -0.2) is 0 Å². The van der Waals surface area contributed by atoms with Crippen LogP contribution in [-0.2, 0) is 4.79 Å². The summed E-state index contributed by atoms with van der Waals surface area (Å²) in [5.41, 5.74) is 0. The van der Waals surface area contributed by atoms with Gasteiger partial charge in [-0.15, -0.1) is 0 Å². The van der Waals surface area contributed by atoms with Gasteiger partial charge in [-0.05, 0) is 32.9 Å². The van der Waals surface area contributed by atoms with E-state index < -0.39 is 0 Å². The lowest BCUT2D eigenvalue weighted by Gasteiger charge is -2.25. The molecule has 1 aliphatic heterocycles. The number of likely N-dealkylation sites (N-methyl/N-ethyl adjacent to an activating group) is 1. The zero-order valence-corrected chi connectivity index (χ0v) is 10.7. The maximum Gasteiger partial charge on any atom is 0.236 e. The molecule has 1 aliphatic rings. The third-order valence-corrected chi connectivity index (χ3v) is 3.02. The highest BCUT2D eigenvalue weighted by Crippen LogP contribution is 1.99. The average Bonchev–Trinajstić information content (AvgIpc) is 2.54. The van der Waals surface area contributed by atoms with E-state index in [4.69, 9.17) is 0 Å². The Kier molecular flexibility index (Phi) is 6.42. The molecule has 0 saturated carbocycles. The van der Waals surface area contributed by atoms with Crippen molar-refractivity contribution in [3.05, 3.63) is 0 Å². The summed E-state index contributed by atoms with van der Waals surface area (Å²) in [6, 6.07) is 0. The summed E-state index contributed by atoms with van der Waals surface area (Å²) >= 11 is 0. The lowest BCUT2D eigenvalue weighted by Crippen LogP contribution is -2.41. The summed E-state index contributed by atoms with van der Waals surface area (Å²) in [6.45, 7) is 10.6. The average molecular weight is 227 g/mol. The Morgan fingerprint density at radius 2 is 2.12 bits per heavy atom. The third-order valence-electron chi connectivity index (χ3n) is 3.02. The van der Waals surface area contributed by atoms with Gasteiger partial charge in [0.2, 0.25) is 5.91 Å². The molecule has 0 aromatic rings. The number of rotatable bonds is 5. The number of nitrogens with zero attached hydrogens (tertiary/aromatic N) is 2. The molecule has 94 valence electrons. The van der Waals surface area contributed by atoms with Crippen molar-refractivity contribution in [2.45, 2.75) is 26.7 Å². The molecular formula is C12H25N3O. The van der Waals surface area contributed by atoms with Gasteiger partial charge in [0.1, 0.15) is 0 Å². The predicted molar refractivity (Wildman–Crippen MR) is 66.5 cm³/mol. The SMILES string of the molecule is CCCN(CC)C(=O)CN1CCCNCC1. The number of amides is 1. The normalized spacial score (nSPS) is 18.1. The number of hydrogen-bond donors (Lipinski definition) is 1. The van der Waals surface area contributed by atoms with Crippen LogP contribution < -0.4 is 5.32 Å². The molecular weight excluding hydrogens is 202 g/mol. The van der Waals surface area contributed by atoms with Gasteiger partial charge < -0.3 is 10.2 Å². The highest BCUT2D eigenvalue weighted by molar-refractivity contribution is 5.78. The Hall–Kier alpha value is -0.610. The van der Waals surface area contributed by atoms with Crippen LogP contribution in [0, 0.1) is 0 Å². The third kappa shape index (κ3) is 4.49. The summed E-state index contributed by atoms with van der Waals surface area (Å²) in [6.07, 6.45) is 2.19. The van der Waals surface area contributed by atoms with Gasteiger partial charge >= 0.3 is 0 Å². The van der Waals surface area contributed by atoms with E-state index in [1.54, 1.807) is 0 Å². The maximum absolute atomic E-state index is 12.0. The van der Waals surface area contributed by atoms with E-state index in [2.05, 4.69) is 24.1 Å². The van der Waals surface area contributed by atoms with Gasteiger partial charge in [0.15, 0.2) is 0 Å². The number of carbonyl (C=O) groups is 1. The van der Waals surface area contributed by atoms with Gasteiger partial charge in [-0.2, -0.15) is 0 Å². The van der Waals surface area contributed by atoms with Crippen molar-refractivity contribution in [1.82, 2.24) is 15.1 Å². The maximum atomic E-state index is 12.0. The zero-order chi connectivity index (χ0) is 11.8. The minimum Gasteiger partial charge on any atom is -0.342 e. The summed E-state index contributed by atoms with van der Waals surface area (Å²) < 4.78 is 0. The van der Waals surface area contributed by atoms with Gasteiger partial charge in [0, 0.05) is 26.2 Å². The molecule has 0 aromatic heterocycles. The summed E-state index contributed by atoms with van der Waals surface area (Å²) in [5.74, 6) is 0.284. The Balaban J connectivity index is 2.35. The van der Waals surface area contributed by atoms with Crippen molar-refractivity contribution >= 4 is 5.91 Å². The molecule has 0 aromatic carbocycles. The Morgan fingerprint density at radius 3 is 2.81 bits per heavy atom. The van der Waals surface area contributed by atoms with Gasteiger partial charge in [-0.1, -0.05) is 6.92 Å². The lowest BCUT2D eigenvalue weighted by atomic mass is 10.3. The zero-order valence-electron chi connectivity index (χ0n) is 10.7. The quantitative estimate of drug-likeness (QED) is 0.744. The fraction of sp³-hybridized carbons (Fsp3) is 0.917. The molecule has 16 heavy (non-hydrogen) atoms. The number of nitrogens with one attached hydrogen (secondary N) is 1. The van der Waals surface area contributed by atoms with Crippen LogP contribution in [0.15, 0.2) is 0 Å². The highest BCUT2D eigenvalue weighted by Gasteiger charge is 2.16. The Morgan fingerprint density at radius 1 is 1.31 bits per heavy atom. The number of carbonyl (C=O) groups excluding carboxylic acids is 1. The fourth-order valence-corrected chi connectivity index (χ4v) is 2.08. The molecule has 0 aliphatic carbocycles. The molecule has 1 fully saturated rings. The molecule has 4 nitrogen and oxygen atoms in total. The first-order valence-corrected chi connectivity index (χ1v) is 6.48. The second kappa shape index (κ2) is 7.63. The van der Waals surface area contributed by atoms with E-state index in [9.17, 15) is 4.79 Å². The van der Waals surface area contributed by atoms with E-state index in [1.807, 2.05) is 4.90 Å². The van der Waals surface area contributed by atoms with Gasteiger partial charge in [-0.3, -0.25) is 9.69 Å². The van der Waals surface area contributed by atoms with E-state index in [-0.39, 0.29) is 5.91 Å². The van der Waals surface area contributed by atoms with Crippen molar-refractivity contribution < 1.29 is 4.79 Å². The van der Waals surface area contributed by atoms with Crippen LogP contribution in [0.4, 0.5) is 0 Å². The Labute approximate surface area is 99.0 Å². The molecule has 0 unspecified atom stereocenters. The van der Waals surface area contributed by atoms with Crippen LogP contribution in [0.1, 0.15) is 26.7 Å². The van der Waals surface area contributed by atoms with Crippen LogP contribution in [0.3, 0.4) is 0 Å². The molecule has 0 atom stereocenters. The monoisotopic (exact) mass is 227 g/mol. The summed E-state index contributed by atoms with van der Waals surface area (Å²) in [5, 5.41) is 3.35. The second-order valence-corrected chi connectivity index (χ2v) is 4.35. The van der Waals surface area contributed by atoms with E-state index in [1.165, 1.54) is 0 Å². The molecule has 4 heteroatoms. The largest absolute Gasteiger partial charge is 0.342 e. The first-order chi connectivity index (χ1) is 7.77. The Bertz CT molecular complexity index is 200. The van der Waals surface area contributed by atoms with Crippen LogP contribution in [-0.4, -0.2) is 61.5 Å². The molecule has 0 bridgehead atoms. The van der Waals surface area contributed by atoms with Crippen molar-refractivity contribution in [2.75, 3.05) is 45.8 Å². The topological polar surface area (TPSA) is 35.6 Å². The second-order valence-electron chi connectivity index (χ2n) is 4.35. The van der Waals surface area contributed by atoms with Crippen molar-refractivity contribution in [1.29, 1.82) is 0 Å². The molecule has 1 rings (SSSR count). The van der Waals surface area contributed by atoms with Crippen molar-refractivity contribution in [3.8, 4) is 0 Å². The first kappa shape index (κ1) is 13.5. The van der Waals surface area contributed by atoms with Crippen molar-refractivity contribution in [3.63, 3.8) is 0 Å². The molecule has 1 heterocycles. The molecule has 1 amide bonds. The lowest BCUT2D eigenvalue weighted by molar-refractivity contribution is -0.132. The van der Waals surface area contributed by atoms with Crippen LogP contribution >= 0.6 is 0 Å². The molecule has 1 N–H and O–H groups in total. The minimum absolute atomic E-state index is 0.284. The smallest absolute Gasteiger partial charge is 0.236 e. The highest BCUT2D eigenvalue weighted by atomic mass is 16.2. The standard InChI is InChI=1S/C12H25N3O/c1-3-8-15(4-2)12(16)11-14-9-5-6-13-7-10-14/h13H,3-11H2,1-2H3. The summed E-state index contributed by atoms with van der Waals surface area (Å²) in [4.78, 5) is 16.2. The summed E-state index contributed by atoms with van der Waals surface area (Å²) in [7, 11) is 0. The molecule has 0 spiro atoms. The van der Waals surface area contributed by atoms with Crippen LogP contribution in [0.2, 0.25) is 0 Å².